The average molecular weight is 303 g/mol. The van der Waals surface area contributed by atoms with Crippen LogP contribution in [0, 0.1) is 12.8 Å². The highest BCUT2D eigenvalue weighted by atomic mass is 32.1. The molecule has 3 rings (SSSR count). The Morgan fingerprint density at radius 3 is 2.81 bits per heavy atom. The molecule has 1 aromatic carbocycles. The van der Waals surface area contributed by atoms with Crippen LogP contribution in [0.1, 0.15) is 29.3 Å². The molecule has 0 aliphatic carbocycles. The number of amides is 1. The minimum atomic E-state index is -0.816. The molecule has 1 amide bonds. The van der Waals surface area contributed by atoms with E-state index in [0.29, 0.717) is 18.5 Å². The second-order valence-electron chi connectivity index (χ2n) is 5.62. The van der Waals surface area contributed by atoms with Gasteiger partial charge in [-0.2, -0.15) is 0 Å². The number of thiophene rings is 1. The number of nitrogens with zero attached hydrogens (tertiary/aromatic N) is 1. The Labute approximate surface area is 127 Å². The van der Waals surface area contributed by atoms with E-state index in [-0.39, 0.29) is 11.9 Å². The van der Waals surface area contributed by atoms with Gasteiger partial charge in [0.2, 0.25) is 0 Å². The number of aryl methyl sites for hydroxylation is 1. The van der Waals surface area contributed by atoms with E-state index in [4.69, 9.17) is 0 Å². The third-order valence-corrected chi connectivity index (χ3v) is 5.24. The number of carbonyl (C=O) groups is 2. The van der Waals surface area contributed by atoms with E-state index < -0.39 is 11.9 Å². The molecule has 110 valence electrons. The molecule has 5 heteroatoms. The molecule has 4 nitrogen and oxygen atoms in total. The fourth-order valence-corrected chi connectivity index (χ4v) is 4.04. The Morgan fingerprint density at radius 1 is 1.38 bits per heavy atom. The van der Waals surface area contributed by atoms with Crippen LogP contribution in [0.3, 0.4) is 0 Å². The minimum Gasteiger partial charge on any atom is -0.481 e. The first-order valence-corrected chi connectivity index (χ1v) is 7.88. The quantitative estimate of drug-likeness (QED) is 0.927. The van der Waals surface area contributed by atoms with Gasteiger partial charge in [0.25, 0.3) is 5.91 Å². The maximum atomic E-state index is 12.7. The highest BCUT2D eigenvalue weighted by molar-refractivity contribution is 7.17. The Balaban J connectivity index is 1.93. The average Bonchev–Trinajstić information content (AvgIpc) is 3.01. The third kappa shape index (κ3) is 2.31. The lowest BCUT2D eigenvalue weighted by Crippen LogP contribution is -2.37. The van der Waals surface area contributed by atoms with Crippen molar-refractivity contribution >= 4 is 33.3 Å². The maximum Gasteiger partial charge on any atom is 0.308 e. The van der Waals surface area contributed by atoms with Crippen LogP contribution in [0.15, 0.2) is 23.6 Å². The number of hydrogen-bond acceptors (Lipinski definition) is 3. The molecule has 21 heavy (non-hydrogen) atoms. The van der Waals surface area contributed by atoms with Crippen molar-refractivity contribution in [2.45, 2.75) is 26.3 Å². The zero-order chi connectivity index (χ0) is 15.1. The van der Waals surface area contributed by atoms with Crippen LogP contribution < -0.4 is 0 Å². The molecule has 2 aromatic rings. The van der Waals surface area contributed by atoms with E-state index in [1.165, 1.54) is 5.56 Å². The number of benzene rings is 1. The molecule has 2 heterocycles. The number of rotatable bonds is 2. The van der Waals surface area contributed by atoms with Crippen molar-refractivity contribution in [1.82, 2.24) is 4.90 Å². The van der Waals surface area contributed by atoms with Crippen LogP contribution in [0.25, 0.3) is 10.1 Å². The highest BCUT2D eigenvalue weighted by Crippen LogP contribution is 2.31. The number of aliphatic carboxylic acids is 1. The number of fused-ring (bicyclic) bond motifs is 1. The monoisotopic (exact) mass is 303 g/mol. The largest absolute Gasteiger partial charge is 0.481 e. The summed E-state index contributed by atoms with van der Waals surface area (Å²) in [5, 5.41) is 12.0. The summed E-state index contributed by atoms with van der Waals surface area (Å²) in [6.45, 7) is 4.36. The van der Waals surface area contributed by atoms with Gasteiger partial charge in [0.15, 0.2) is 0 Å². The molecule has 1 saturated heterocycles. The molecule has 0 radical (unpaired) electrons. The molecule has 1 aliphatic heterocycles. The summed E-state index contributed by atoms with van der Waals surface area (Å²) in [5.41, 5.74) is 1.86. The Morgan fingerprint density at radius 2 is 2.14 bits per heavy atom. The topological polar surface area (TPSA) is 57.6 Å². The highest BCUT2D eigenvalue weighted by Gasteiger charge is 2.38. The van der Waals surface area contributed by atoms with Crippen molar-refractivity contribution in [3.05, 3.63) is 34.7 Å². The molecule has 0 bridgehead atoms. The van der Waals surface area contributed by atoms with Gasteiger partial charge in [0.1, 0.15) is 0 Å². The summed E-state index contributed by atoms with van der Waals surface area (Å²) < 4.78 is 1.10. The van der Waals surface area contributed by atoms with Crippen molar-refractivity contribution < 1.29 is 14.7 Å². The van der Waals surface area contributed by atoms with E-state index in [1.54, 1.807) is 16.2 Å². The Bertz CT molecular complexity index is 721. The second-order valence-corrected chi connectivity index (χ2v) is 6.53. The lowest BCUT2D eigenvalue weighted by atomic mass is 10.0. The molecule has 2 unspecified atom stereocenters. The number of likely N-dealkylation sites (tertiary alicyclic amines) is 1. The molecule has 1 N–H and O–H groups in total. The van der Waals surface area contributed by atoms with Gasteiger partial charge in [0, 0.05) is 28.1 Å². The number of carboxylic acids is 1. The summed E-state index contributed by atoms with van der Waals surface area (Å²) in [4.78, 5) is 25.6. The second kappa shape index (κ2) is 5.15. The Kier molecular flexibility index (Phi) is 3.45. The van der Waals surface area contributed by atoms with Crippen LogP contribution in [0.5, 0.6) is 0 Å². The van der Waals surface area contributed by atoms with Crippen molar-refractivity contribution in [2.24, 2.45) is 5.92 Å². The van der Waals surface area contributed by atoms with Crippen LogP contribution >= 0.6 is 11.3 Å². The standard InChI is InChI=1S/C16H17NO3S/c1-9-3-4-12-13(8-21-14(12)7-9)15(18)17-6-5-11(10(17)2)16(19)20/h3-4,7-8,10-11H,5-6H2,1-2H3,(H,19,20). The normalized spacial score (nSPS) is 21.9. The molecule has 2 atom stereocenters. The first kappa shape index (κ1) is 14.1. The summed E-state index contributed by atoms with van der Waals surface area (Å²) in [7, 11) is 0. The molecule has 0 saturated carbocycles. The Hall–Kier alpha value is -1.88. The van der Waals surface area contributed by atoms with Gasteiger partial charge >= 0.3 is 5.97 Å². The number of carbonyl (C=O) groups excluding carboxylic acids is 1. The summed E-state index contributed by atoms with van der Waals surface area (Å²) in [6, 6.07) is 5.79. The van der Waals surface area contributed by atoms with Gasteiger partial charge in [-0.15, -0.1) is 11.3 Å². The fraction of sp³-hybridized carbons (Fsp3) is 0.375. The predicted octanol–water partition coefficient (Wildman–Crippen LogP) is 3.14. The first-order valence-electron chi connectivity index (χ1n) is 7.00. The minimum absolute atomic E-state index is 0.0543. The lowest BCUT2D eigenvalue weighted by molar-refractivity contribution is -0.142. The SMILES string of the molecule is Cc1ccc2c(C(=O)N3CCC(C(=O)O)C3C)csc2c1. The zero-order valence-electron chi connectivity index (χ0n) is 12.0. The van der Waals surface area contributed by atoms with E-state index in [0.717, 1.165) is 10.1 Å². The molecule has 1 aliphatic rings. The van der Waals surface area contributed by atoms with Crippen molar-refractivity contribution in [2.75, 3.05) is 6.54 Å². The van der Waals surface area contributed by atoms with Gasteiger partial charge in [0.05, 0.1) is 11.5 Å². The van der Waals surface area contributed by atoms with Crippen LogP contribution in [-0.2, 0) is 4.79 Å². The van der Waals surface area contributed by atoms with E-state index in [2.05, 4.69) is 6.07 Å². The van der Waals surface area contributed by atoms with E-state index in [1.807, 2.05) is 31.4 Å². The maximum absolute atomic E-state index is 12.7. The van der Waals surface area contributed by atoms with Crippen LogP contribution in [-0.4, -0.2) is 34.5 Å². The van der Waals surface area contributed by atoms with Crippen LogP contribution in [0.4, 0.5) is 0 Å². The third-order valence-electron chi connectivity index (χ3n) is 4.29. The number of hydrogen-bond donors (Lipinski definition) is 1. The fourth-order valence-electron chi connectivity index (χ4n) is 3.01. The molecular weight excluding hydrogens is 286 g/mol. The smallest absolute Gasteiger partial charge is 0.308 e. The van der Waals surface area contributed by atoms with Gasteiger partial charge in [-0.3, -0.25) is 9.59 Å². The summed E-state index contributed by atoms with van der Waals surface area (Å²) in [5.74, 6) is -1.33. The predicted molar refractivity (Wildman–Crippen MR) is 82.8 cm³/mol. The van der Waals surface area contributed by atoms with Crippen molar-refractivity contribution in [3.8, 4) is 0 Å². The van der Waals surface area contributed by atoms with Gasteiger partial charge in [-0.25, -0.2) is 0 Å². The first-order chi connectivity index (χ1) is 9.99. The van der Waals surface area contributed by atoms with Gasteiger partial charge in [-0.05, 0) is 31.9 Å². The van der Waals surface area contributed by atoms with Crippen molar-refractivity contribution in [1.29, 1.82) is 0 Å². The molecule has 1 fully saturated rings. The zero-order valence-corrected chi connectivity index (χ0v) is 12.8. The lowest BCUT2D eigenvalue weighted by Gasteiger charge is -2.23. The van der Waals surface area contributed by atoms with E-state index in [9.17, 15) is 14.7 Å². The molecule has 1 aromatic heterocycles. The summed E-state index contributed by atoms with van der Waals surface area (Å²) in [6.07, 6.45) is 0.531. The van der Waals surface area contributed by atoms with Crippen molar-refractivity contribution in [3.63, 3.8) is 0 Å². The summed E-state index contributed by atoms with van der Waals surface area (Å²) >= 11 is 1.56. The van der Waals surface area contributed by atoms with Crippen LogP contribution in [0.2, 0.25) is 0 Å². The van der Waals surface area contributed by atoms with E-state index >= 15 is 0 Å². The molecule has 0 spiro atoms. The molecular formula is C16H17NO3S. The number of carboxylic acid groups (broad SMARTS) is 1. The van der Waals surface area contributed by atoms with Gasteiger partial charge < -0.3 is 10.0 Å². The van der Waals surface area contributed by atoms with Gasteiger partial charge in [-0.1, -0.05) is 12.1 Å².